The van der Waals surface area contributed by atoms with Gasteiger partial charge >= 0.3 is 5.97 Å². The van der Waals surface area contributed by atoms with Crippen molar-refractivity contribution in [3.05, 3.63) is 59.1 Å². The third-order valence-electron chi connectivity index (χ3n) is 3.72. The minimum atomic E-state index is -0.643. The van der Waals surface area contributed by atoms with Crippen molar-refractivity contribution in [1.29, 1.82) is 0 Å². The van der Waals surface area contributed by atoms with E-state index in [-0.39, 0.29) is 12.5 Å². The number of anilines is 1. The first kappa shape index (κ1) is 20.3. The maximum atomic E-state index is 12.1. The minimum absolute atomic E-state index is 0.336. The van der Waals surface area contributed by atoms with Crippen LogP contribution in [0, 0.1) is 0 Å². The Bertz CT molecular complexity index is 836. The van der Waals surface area contributed by atoms with Crippen molar-refractivity contribution in [2.45, 2.75) is 0 Å². The van der Waals surface area contributed by atoms with E-state index in [0.29, 0.717) is 27.8 Å². The summed E-state index contributed by atoms with van der Waals surface area (Å²) in [6.45, 7) is -0.360. The molecule has 0 aromatic heterocycles. The molecule has 0 spiro atoms. The molecule has 0 N–H and O–H groups in total. The van der Waals surface area contributed by atoms with Crippen molar-refractivity contribution in [1.82, 2.24) is 0 Å². The molecule has 0 saturated carbocycles. The summed E-state index contributed by atoms with van der Waals surface area (Å²) >= 11 is 6.12. The topological polar surface area (TPSA) is 65.1 Å². The third kappa shape index (κ3) is 5.49. The molecule has 7 heteroatoms. The van der Waals surface area contributed by atoms with Crippen LogP contribution < -0.4 is 14.4 Å². The molecule has 6 nitrogen and oxygen atoms in total. The van der Waals surface area contributed by atoms with Crippen molar-refractivity contribution in [2.24, 2.45) is 0 Å². The summed E-state index contributed by atoms with van der Waals surface area (Å²) in [7, 11) is 4.60. The van der Waals surface area contributed by atoms with E-state index in [1.807, 2.05) is 18.2 Å². The molecule has 0 bridgehead atoms. The zero-order valence-electron chi connectivity index (χ0n) is 15.3. The van der Waals surface area contributed by atoms with Crippen molar-refractivity contribution in [2.75, 3.05) is 32.8 Å². The summed E-state index contributed by atoms with van der Waals surface area (Å²) in [5, 5.41) is 0.351. The zero-order valence-corrected chi connectivity index (χ0v) is 16.0. The van der Waals surface area contributed by atoms with E-state index in [9.17, 15) is 9.59 Å². The van der Waals surface area contributed by atoms with Crippen molar-refractivity contribution >= 4 is 35.2 Å². The molecule has 1 amide bonds. The van der Waals surface area contributed by atoms with Crippen LogP contribution in [0.25, 0.3) is 6.08 Å². The molecule has 2 aromatic carbocycles. The lowest BCUT2D eigenvalue weighted by molar-refractivity contribution is -0.142. The van der Waals surface area contributed by atoms with Gasteiger partial charge in [0, 0.05) is 18.8 Å². The summed E-state index contributed by atoms with van der Waals surface area (Å²) in [6, 6.07) is 12.4. The maximum Gasteiger partial charge on any atom is 0.331 e. The van der Waals surface area contributed by atoms with Crippen LogP contribution in [-0.2, 0) is 14.3 Å². The molecule has 2 rings (SSSR count). The quantitative estimate of drug-likeness (QED) is 0.535. The van der Waals surface area contributed by atoms with Crippen molar-refractivity contribution in [3.8, 4) is 11.5 Å². The normalized spacial score (nSPS) is 10.5. The van der Waals surface area contributed by atoms with Crippen LogP contribution in [0.15, 0.2) is 48.5 Å². The predicted octanol–water partition coefficient (Wildman–Crippen LogP) is 3.58. The van der Waals surface area contributed by atoms with Gasteiger partial charge in [-0.1, -0.05) is 29.8 Å². The van der Waals surface area contributed by atoms with Crippen molar-refractivity contribution in [3.63, 3.8) is 0 Å². The fourth-order valence-corrected chi connectivity index (χ4v) is 2.57. The summed E-state index contributed by atoms with van der Waals surface area (Å²) in [5.74, 6) is -0.126. The van der Waals surface area contributed by atoms with Gasteiger partial charge in [-0.25, -0.2) is 4.79 Å². The highest BCUT2D eigenvalue weighted by molar-refractivity contribution is 6.32. The number of benzene rings is 2. The number of halogens is 1. The number of methoxy groups -OCH3 is 2. The van der Waals surface area contributed by atoms with Gasteiger partial charge < -0.3 is 19.1 Å². The number of rotatable bonds is 7. The van der Waals surface area contributed by atoms with Gasteiger partial charge in [-0.3, -0.25) is 4.79 Å². The largest absolute Gasteiger partial charge is 0.493 e. The minimum Gasteiger partial charge on any atom is -0.493 e. The molecular weight excluding hydrogens is 370 g/mol. The first-order chi connectivity index (χ1) is 13.0. The van der Waals surface area contributed by atoms with Crippen LogP contribution in [-0.4, -0.2) is 39.8 Å². The number of hydrogen-bond acceptors (Lipinski definition) is 5. The van der Waals surface area contributed by atoms with E-state index in [4.69, 9.17) is 25.8 Å². The van der Waals surface area contributed by atoms with Gasteiger partial charge in [-0.05, 0) is 35.9 Å². The van der Waals surface area contributed by atoms with Crippen LogP contribution in [0.1, 0.15) is 5.56 Å². The zero-order chi connectivity index (χ0) is 19.8. The smallest absolute Gasteiger partial charge is 0.331 e. The second-order valence-corrected chi connectivity index (χ2v) is 5.87. The van der Waals surface area contributed by atoms with Crippen LogP contribution in [0.2, 0.25) is 5.02 Å². The summed E-state index contributed by atoms with van der Waals surface area (Å²) < 4.78 is 15.4. The highest BCUT2D eigenvalue weighted by Gasteiger charge is 2.13. The lowest BCUT2D eigenvalue weighted by Crippen LogP contribution is -2.30. The Hall–Kier alpha value is -2.99. The number of ether oxygens (including phenoxy) is 3. The number of para-hydroxylation sites is 1. The Labute approximate surface area is 162 Å². The van der Waals surface area contributed by atoms with Crippen LogP contribution in [0.5, 0.6) is 11.5 Å². The highest BCUT2D eigenvalue weighted by Crippen LogP contribution is 2.36. The molecule has 142 valence electrons. The van der Waals surface area contributed by atoms with Crippen LogP contribution in [0.4, 0.5) is 5.69 Å². The van der Waals surface area contributed by atoms with E-state index in [1.54, 1.807) is 31.3 Å². The van der Waals surface area contributed by atoms with Gasteiger partial charge in [0.2, 0.25) is 0 Å². The van der Waals surface area contributed by atoms with E-state index < -0.39 is 5.97 Å². The molecule has 0 saturated heterocycles. The first-order valence-corrected chi connectivity index (χ1v) is 8.42. The molecule has 0 aliphatic heterocycles. The average molecular weight is 390 g/mol. The lowest BCUT2D eigenvalue weighted by atomic mass is 10.2. The Morgan fingerprint density at radius 1 is 1.11 bits per heavy atom. The summed E-state index contributed by atoms with van der Waals surface area (Å²) in [4.78, 5) is 25.4. The number of nitrogens with zero attached hydrogens (tertiary/aromatic N) is 1. The van der Waals surface area contributed by atoms with Crippen LogP contribution >= 0.6 is 11.6 Å². The number of carbonyl (C=O) groups excluding carboxylic acids is 2. The van der Waals surface area contributed by atoms with Gasteiger partial charge in [0.15, 0.2) is 18.1 Å². The molecule has 0 aliphatic rings. The Kier molecular flexibility index (Phi) is 7.25. The third-order valence-corrected chi connectivity index (χ3v) is 4.00. The SMILES string of the molecule is COc1cc(/C=C/C(=O)OCC(=O)N(C)c2ccccc2)cc(Cl)c1OC. The molecule has 0 unspecified atom stereocenters. The van der Waals surface area contributed by atoms with E-state index in [2.05, 4.69) is 0 Å². The second-order valence-electron chi connectivity index (χ2n) is 5.47. The number of esters is 1. The van der Waals surface area contributed by atoms with E-state index >= 15 is 0 Å². The number of hydrogen-bond donors (Lipinski definition) is 0. The fraction of sp³-hybridized carbons (Fsp3) is 0.200. The van der Waals surface area contributed by atoms with Gasteiger partial charge in [-0.15, -0.1) is 0 Å². The molecular formula is C20H20ClNO5. The van der Waals surface area contributed by atoms with Gasteiger partial charge in [-0.2, -0.15) is 0 Å². The first-order valence-electron chi connectivity index (χ1n) is 8.04. The number of amides is 1. The van der Waals surface area contributed by atoms with Crippen LogP contribution in [0.3, 0.4) is 0 Å². The van der Waals surface area contributed by atoms with E-state index in [1.165, 1.54) is 31.3 Å². The van der Waals surface area contributed by atoms with Gasteiger partial charge in [0.25, 0.3) is 5.91 Å². The van der Waals surface area contributed by atoms with E-state index in [0.717, 1.165) is 0 Å². The molecule has 0 atom stereocenters. The maximum absolute atomic E-state index is 12.1. The average Bonchev–Trinajstić information content (AvgIpc) is 2.69. The summed E-state index contributed by atoms with van der Waals surface area (Å²) in [6.07, 6.45) is 2.73. The molecule has 0 fully saturated rings. The molecule has 0 radical (unpaired) electrons. The molecule has 27 heavy (non-hydrogen) atoms. The number of carbonyl (C=O) groups is 2. The second kappa shape index (κ2) is 9.64. The predicted molar refractivity (Wildman–Crippen MR) is 104 cm³/mol. The highest BCUT2D eigenvalue weighted by atomic mass is 35.5. The molecule has 2 aromatic rings. The standard InChI is InChI=1S/C20H20ClNO5/c1-22(15-7-5-4-6-8-15)18(23)13-27-19(24)10-9-14-11-16(21)20(26-3)17(12-14)25-2/h4-12H,13H2,1-3H3/b10-9+. The lowest BCUT2D eigenvalue weighted by Gasteiger charge is -2.16. The van der Waals surface area contributed by atoms with Gasteiger partial charge in [0.1, 0.15) is 0 Å². The summed E-state index contributed by atoms with van der Waals surface area (Å²) in [5.41, 5.74) is 1.34. The Balaban J connectivity index is 1.95. The van der Waals surface area contributed by atoms with Gasteiger partial charge in [0.05, 0.1) is 19.2 Å². The molecule has 0 heterocycles. The molecule has 0 aliphatic carbocycles. The Morgan fingerprint density at radius 2 is 1.81 bits per heavy atom. The Morgan fingerprint density at radius 3 is 2.44 bits per heavy atom. The number of likely N-dealkylation sites (N-methyl/N-ethyl adjacent to an activating group) is 1. The monoisotopic (exact) mass is 389 g/mol. The van der Waals surface area contributed by atoms with Crippen molar-refractivity contribution < 1.29 is 23.8 Å². The fourth-order valence-electron chi connectivity index (χ4n) is 2.27.